The van der Waals surface area contributed by atoms with Gasteiger partial charge in [-0.25, -0.2) is 4.98 Å². The molecule has 0 radical (unpaired) electrons. The molecule has 100 valence electrons. The number of hydrogen-bond acceptors (Lipinski definition) is 3. The number of pyridine rings is 1. The van der Waals surface area contributed by atoms with E-state index in [1.165, 1.54) is 49.9 Å². The molecule has 1 fully saturated rings. The first kappa shape index (κ1) is 13.3. The fourth-order valence-corrected chi connectivity index (χ4v) is 2.86. The van der Waals surface area contributed by atoms with Gasteiger partial charge in [0.1, 0.15) is 5.82 Å². The summed E-state index contributed by atoms with van der Waals surface area (Å²) in [5.74, 6) is 0.967. The first-order chi connectivity index (χ1) is 8.76. The molecule has 0 saturated carbocycles. The zero-order chi connectivity index (χ0) is 13.0. The summed E-state index contributed by atoms with van der Waals surface area (Å²) in [4.78, 5) is 7.11. The molecule has 0 amide bonds. The highest BCUT2D eigenvalue weighted by Gasteiger charge is 2.26. The zero-order valence-corrected chi connectivity index (χ0v) is 11.9. The van der Waals surface area contributed by atoms with Crippen molar-refractivity contribution in [2.45, 2.75) is 45.6 Å². The Hall–Kier alpha value is -1.09. The first-order valence-electron chi connectivity index (χ1n) is 7.14. The van der Waals surface area contributed by atoms with E-state index in [0.29, 0.717) is 6.04 Å². The highest BCUT2D eigenvalue weighted by Crippen LogP contribution is 2.33. The Balaban J connectivity index is 2.14. The van der Waals surface area contributed by atoms with E-state index in [0.717, 1.165) is 5.82 Å². The van der Waals surface area contributed by atoms with Gasteiger partial charge in [0, 0.05) is 19.3 Å². The lowest BCUT2D eigenvalue weighted by molar-refractivity contribution is 0.252. The molecule has 3 heteroatoms. The summed E-state index contributed by atoms with van der Waals surface area (Å²) >= 11 is 0. The Bertz CT molecular complexity index is 389. The molecule has 0 spiro atoms. The molecule has 2 heterocycles. The maximum atomic E-state index is 4.48. The van der Waals surface area contributed by atoms with Crippen molar-refractivity contribution in [2.24, 2.45) is 0 Å². The number of aryl methyl sites for hydroxylation is 1. The molecule has 1 aliphatic heterocycles. The smallest absolute Gasteiger partial charge is 0.125 e. The van der Waals surface area contributed by atoms with Gasteiger partial charge in [0.25, 0.3) is 0 Å². The lowest BCUT2D eigenvalue weighted by Crippen LogP contribution is -2.25. The van der Waals surface area contributed by atoms with Gasteiger partial charge in [-0.2, -0.15) is 0 Å². The summed E-state index contributed by atoms with van der Waals surface area (Å²) in [6.07, 6.45) is 7.25. The zero-order valence-electron chi connectivity index (χ0n) is 11.9. The monoisotopic (exact) mass is 247 g/mol. The number of nitrogens with zero attached hydrogens (tertiary/aromatic N) is 2. The quantitative estimate of drug-likeness (QED) is 0.864. The van der Waals surface area contributed by atoms with Crippen molar-refractivity contribution < 1.29 is 0 Å². The largest absolute Gasteiger partial charge is 0.373 e. The Morgan fingerprint density at radius 3 is 3.00 bits per heavy atom. The van der Waals surface area contributed by atoms with Crippen molar-refractivity contribution in [2.75, 3.05) is 25.5 Å². The summed E-state index contributed by atoms with van der Waals surface area (Å²) in [6.45, 7) is 6.94. The van der Waals surface area contributed by atoms with Gasteiger partial charge in [-0.3, -0.25) is 4.90 Å². The van der Waals surface area contributed by atoms with E-state index in [2.05, 4.69) is 41.3 Å². The van der Waals surface area contributed by atoms with E-state index in [4.69, 9.17) is 0 Å². The number of anilines is 1. The summed E-state index contributed by atoms with van der Waals surface area (Å²) in [5, 5.41) is 3.11. The lowest BCUT2D eigenvalue weighted by Gasteiger charge is -2.25. The van der Waals surface area contributed by atoms with Gasteiger partial charge < -0.3 is 5.32 Å². The second-order valence-corrected chi connectivity index (χ2v) is 5.22. The number of aromatic nitrogens is 1. The van der Waals surface area contributed by atoms with Crippen LogP contribution < -0.4 is 5.32 Å². The third-order valence-electron chi connectivity index (χ3n) is 3.93. The van der Waals surface area contributed by atoms with Crippen molar-refractivity contribution in [1.82, 2.24) is 9.88 Å². The van der Waals surface area contributed by atoms with E-state index in [1.807, 2.05) is 7.05 Å². The molecule has 1 atom stereocenters. The molecule has 1 aromatic rings. The van der Waals surface area contributed by atoms with Gasteiger partial charge >= 0.3 is 0 Å². The number of nitrogens with one attached hydrogen (secondary N) is 1. The van der Waals surface area contributed by atoms with Crippen LogP contribution in [0.5, 0.6) is 0 Å². The van der Waals surface area contributed by atoms with E-state index in [-0.39, 0.29) is 0 Å². The van der Waals surface area contributed by atoms with Crippen molar-refractivity contribution in [1.29, 1.82) is 0 Å². The van der Waals surface area contributed by atoms with Crippen LogP contribution in [0.25, 0.3) is 0 Å². The van der Waals surface area contributed by atoms with Crippen LogP contribution >= 0.6 is 0 Å². The maximum absolute atomic E-state index is 4.48. The van der Waals surface area contributed by atoms with Crippen molar-refractivity contribution >= 4 is 5.82 Å². The van der Waals surface area contributed by atoms with Gasteiger partial charge in [-0.1, -0.05) is 13.3 Å². The van der Waals surface area contributed by atoms with Crippen LogP contribution in [0.3, 0.4) is 0 Å². The van der Waals surface area contributed by atoms with Crippen molar-refractivity contribution in [3.8, 4) is 0 Å². The Morgan fingerprint density at radius 1 is 1.50 bits per heavy atom. The summed E-state index contributed by atoms with van der Waals surface area (Å²) in [6, 6.07) is 2.75. The molecule has 1 aromatic heterocycles. The minimum atomic E-state index is 0.593. The number of hydrogen-bond donors (Lipinski definition) is 1. The van der Waals surface area contributed by atoms with Crippen molar-refractivity contribution in [3.63, 3.8) is 0 Å². The number of likely N-dealkylation sites (tertiary alicyclic amines) is 1. The topological polar surface area (TPSA) is 28.2 Å². The number of rotatable bonds is 5. The summed E-state index contributed by atoms with van der Waals surface area (Å²) in [7, 11) is 1.92. The molecule has 0 unspecified atom stereocenters. The highest BCUT2D eigenvalue weighted by molar-refractivity contribution is 5.41. The fourth-order valence-electron chi connectivity index (χ4n) is 2.86. The Morgan fingerprint density at radius 2 is 2.33 bits per heavy atom. The molecule has 1 saturated heterocycles. The van der Waals surface area contributed by atoms with Gasteiger partial charge in [-0.15, -0.1) is 0 Å². The minimum Gasteiger partial charge on any atom is -0.373 e. The van der Waals surface area contributed by atoms with E-state index in [9.17, 15) is 0 Å². The van der Waals surface area contributed by atoms with Crippen LogP contribution in [0, 0.1) is 6.92 Å². The second kappa shape index (κ2) is 6.19. The first-order valence-corrected chi connectivity index (χ1v) is 7.14. The molecule has 0 bridgehead atoms. The third kappa shape index (κ3) is 2.83. The molecule has 1 N–H and O–H groups in total. The van der Waals surface area contributed by atoms with Gasteiger partial charge in [-0.05, 0) is 56.5 Å². The molecular weight excluding hydrogens is 222 g/mol. The van der Waals surface area contributed by atoms with Crippen LogP contribution in [0.4, 0.5) is 5.82 Å². The van der Waals surface area contributed by atoms with Crippen LogP contribution in [-0.2, 0) is 0 Å². The van der Waals surface area contributed by atoms with Gasteiger partial charge in [0.15, 0.2) is 0 Å². The average Bonchev–Trinajstić information content (AvgIpc) is 2.84. The molecule has 0 aliphatic carbocycles. The fraction of sp³-hybridized carbons (Fsp3) is 0.667. The number of unbranched alkanes of at least 4 members (excludes halogenated alkanes) is 1. The Labute approximate surface area is 111 Å². The molecule has 18 heavy (non-hydrogen) atoms. The second-order valence-electron chi connectivity index (χ2n) is 5.22. The summed E-state index contributed by atoms with van der Waals surface area (Å²) in [5.41, 5.74) is 2.78. The van der Waals surface area contributed by atoms with Gasteiger partial charge in [0.2, 0.25) is 0 Å². The normalized spacial score (nSPS) is 20.3. The van der Waals surface area contributed by atoms with E-state index < -0.39 is 0 Å². The predicted octanol–water partition coefficient (Wildman–Crippen LogP) is 3.37. The third-order valence-corrected chi connectivity index (χ3v) is 3.93. The Kier molecular flexibility index (Phi) is 4.59. The van der Waals surface area contributed by atoms with Crippen LogP contribution in [0.2, 0.25) is 0 Å². The molecule has 2 rings (SSSR count). The maximum Gasteiger partial charge on any atom is 0.125 e. The van der Waals surface area contributed by atoms with Crippen LogP contribution in [0.1, 0.15) is 49.8 Å². The molecule has 0 aromatic carbocycles. The standard InChI is InChI=1S/C15H25N3/c1-4-5-8-18-9-6-7-14(18)13-11-17-15(16-3)10-12(13)2/h10-11,14H,4-9H2,1-3H3,(H,16,17)/t14-/m1/s1. The van der Waals surface area contributed by atoms with Crippen LogP contribution in [0.15, 0.2) is 12.3 Å². The summed E-state index contributed by atoms with van der Waals surface area (Å²) < 4.78 is 0. The minimum absolute atomic E-state index is 0.593. The SMILES string of the molecule is CCCCN1CCC[C@@H]1c1cnc(NC)cc1C. The molecular formula is C15H25N3. The predicted molar refractivity (Wildman–Crippen MR) is 77.0 cm³/mol. The van der Waals surface area contributed by atoms with E-state index >= 15 is 0 Å². The van der Waals surface area contributed by atoms with Crippen molar-refractivity contribution in [3.05, 3.63) is 23.4 Å². The van der Waals surface area contributed by atoms with Crippen LogP contribution in [-0.4, -0.2) is 30.0 Å². The average molecular weight is 247 g/mol. The highest BCUT2D eigenvalue weighted by atomic mass is 15.2. The molecule has 1 aliphatic rings. The molecule has 3 nitrogen and oxygen atoms in total. The van der Waals surface area contributed by atoms with Gasteiger partial charge in [0.05, 0.1) is 0 Å². The van der Waals surface area contributed by atoms with E-state index in [1.54, 1.807) is 0 Å². The lowest BCUT2D eigenvalue weighted by atomic mass is 10.0.